The lowest BCUT2D eigenvalue weighted by Gasteiger charge is -2.23. The molecule has 2 saturated carbocycles. The highest BCUT2D eigenvalue weighted by Gasteiger charge is 2.20. The number of aryl methyl sites for hydroxylation is 2. The van der Waals surface area contributed by atoms with Gasteiger partial charge >= 0.3 is 0 Å². The largest absolute Gasteiger partial charge is 0.382 e. The van der Waals surface area contributed by atoms with Crippen LogP contribution in [0, 0.1) is 0 Å². The summed E-state index contributed by atoms with van der Waals surface area (Å²) >= 11 is 0. The van der Waals surface area contributed by atoms with Gasteiger partial charge in [-0.25, -0.2) is 0 Å². The highest BCUT2D eigenvalue weighted by Crippen LogP contribution is 2.33. The van der Waals surface area contributed by atoms with Crippen LogP contribution in [0.5, 0.6) is 0 Å². The molecule has 2 fully saturated rings. The molecule has 146 valence electrons. The standard InChI is InChI=1S/C24H40N2/c1-3-5-11-19-17-20(12-6-4-2)24(26-22-15-9-10-16-22)18-23(19)25-21-13-7-8-14-21/h17-18,21-22,25-26H,3-16H2,1-2H3. The van der Waals surface area contributed by atoms with Gasteiger partial charge in [0.05, 0.1) is 0 Å². The Morgan fingerprint density at radius 1 is 0.692 bits per heavy atom. The average molecular weight is 357 g/mol. The molecular formula is C24H40N2. The lowest BCUT2D eigenvalue weighted by molar-refractivity contribution is 0.738. The van der Waals surface area contributed by atoms with Crippen LogP contribution in [0.25, 0.3) is 0 Å². The monoisotopic (exact) mass is 356 g/mol. The van der Waals surface area contributed by atoms with Crippen LogP contribution >= 0.6 is 0 Å². The molecule has 2 N–H and O–H groups in total. The number of nitrogens with one attached hydrogen (secondary N) is 2. The minimum Gasteiger partial charge on any atom is -0.382 e. The molecule has 26 heavy (non-hydrogen) atoms. The smallest absolute Gasteiger partial charge is 0.0395 e. The van der Waals surface area contributed by atoms with Gasteiger partial charge in [0.2, 0.25) is 0 Å². The van der Waals surface area contributed by atoms with Gasteiger partial charge in [-0.2, -0.15) is 0 Å². The zero-order chi connectivity index (χ0) is 18.2. The Kier molecular flexibility index (Phi) is 7.70. The molecule has 2 nitrogen and oxygen atoms in total. The Labute approximate surface area is 161 Å². The third-order valence-corrected chi connectivity index (χ3v) is 6.36. The topological polar surface area (TPSA) is 24.1 Å². The summed E-state index contributed by atoms with van der Waals surface area (Å²) in [5.74, 6) is 0. The SMILES string of the molecule is CCCCc1cc(CCCC)c(NC2CCCC2)cc1NC1CCCC1. The van der Waals surface area contributed by atoms with Crippen LogP contribution < -0.4 is 10.6 Å². The van der Waals surface area contributed by atoms with E-state index in [1.807, 2.05) is 0 Å². The van der Waals surface area contributed by atoms with Gasteiger partial charge < -0.3 is 10.6 Å². The average Bonchev–Trinajstić information content (AvgIpc) is 3.34. The van der Waals surface area contributed by atoms with Crippen molar-refractivity contribution >= 4 is 11.4 Å². The van der Waals surface area contributed by atoms with Gasteiger partial charge in [0.15, 0.2) is 0 Å². The molecule has 0 unspecified atom stereocenters. The molecular weight excluding hydrogens is 316 g/mol. The van der Waals surface area contributed by atoms with E-state index in [9.17, 15) is 0 Å². The summed E-state index contributed by atoms with van der Waals surface area (Å²) in [7, 11) is 0. The highest BCUT2D eigenvalue weighted by molar-refractivity contribution is 5.66. The first kappa shape index (κ1) is 19.6. The van der Waals surface area contributed by atoms with E-state index in [1.54, 1.807) is 11.1 Å². The Morgan fingerprint density at radius 3 is 1.50 bits per heavy atom. The molecule has 0 atom stereocenters. The van der Waals surface area contributed by atoms with Crippen molar-refractivity contribution in [2.45, 2.75) is 116 Å². The summed E-state index contributed by atoms with van der Waals surface area (Å²) in [6.45, 7) is 4.61. The maximum absolute atomic E-state index is 3.93. The van der Waals surface area contributed by atoms with Crippen molar-refractivity contribution in [3.05, 3.63) is 23.3 Å². The van der Waals surface area contributed by atoms with Crippen molar-refractivity contribution in [3.8, 4) is 0 Å². The maximum Gasteiger partial charge on any atom is 0.0395 e. The lowest BCUT2D eigenvalue weighted by atomic mass is 9.97. The maximum atomic E-state index is 3.93. The third kappa shape index (κ3) is 5.41. The van der Waals surface area contributed by atoms with Crippen LogP contribution in [-0.4, -0.2) is 12.1 Å². The van der Waals surface area contributed by atoms with E-state index in [0.29, 0.717) is 12.1 Å². The summed E-state index contributed by atoms with van der Waals surface area (Å²) in [6, 6.07) is 6.40. The zero-order valence-corrected chi connectivity index (χ0v) is 17.2. The van der Waals surface area contributed by atoms with E-state index in [4.69, 9.17) is 0 Å². The van der Waals surface area contributed by atoms with Gasteiger partial charge in [-0.1, -0.05) is 58.4 Å². The second kappa shape index (κ2) is 10.2. The highest BCUT2D eigenvalue weighted by atomic mass is 15.0. The van der Waals surface area contributed by atoms with Crippen molar-refractivity contribution in [1.82, 2.24) is 0 Å². The Hall–Kier alpha value is -1.18. The fraction of sp³-hybridized carbons (Fsp3) is 0.750. The van der Waals surface area contributed by atoms with Crippen molar-refractivity contribution in [3.63, 3.8) is 0 Å². The van der Waals surface area contributed by atoms with Crippen molar-refractivity contribution < 1.29 is 0 Å². The van der Waals surface area contributed by atoms with Gasteiger partial charge in [-0.05, 0) is 68.6 Å². The van der Waals surface area contributed by atoms with Crippen LogP contribution in [0.3, 0.4) is 0 Å². The third-order valence-electron chi connectivity index (χ3n) is 6.36. The molecule has 1 aromatic carbocycles. The molecule has 0 bridgehead atoms. The molecule has 2 aliphatic carbocycles. The Morgan fingerprint density at radius 2 is 1.12 bits per heavy atom. The van der Waals surface area contributed by atoms with Crippen LogP contribution in [0.15, 0.2) is 12.1 Å². The first-order valence-electron chi connectivity index (χ1n) is 11.5. The minimum absolute atomic E-state index is 0.691. The number of hydrogen-bond donors (Lipinski definition) is 2. The van der Waals surface area contributed by atoms with Crippen molar-refractivity contribution in [2.75, 3.05) is 10.6 Å². The van der Waals surface area contributed by atoms with E-state index in [-0.39, 0.29) is 0 Å². The van der Waals surface area contributed by atoms with E-state index in [1.165, 1.54) is 101 Å². The molecule has 0 saturated heterocycles. The van der Waals surface area contributed by atoms with Gasteiger partial charge in [0.1, 0.15) is 0 Å². The lowest BCUT2D eigenvalue weighted by Crippen LogP contribution is -2.19. The number of anilines is 2. The van der Waals surface area contributed by atoms with E-state index in [0.717, 1.165) is 0 Å². The van der Waals surface area contributed by atoms with E-state index >= 15 is 0 Å². The van der Waals surface area contributed by atoms with E-state index < -0.39 is 0 Å². The molecule has 0 aliphatic heterocycles. The van der Waals surface area contributed by atoms with Crippen LogP contribution in [0.2, 0.25) is 0 Å². The number of rotatable bonds is 10. The number of hydrogen-bond acceptors (Lipinski definition) is 2. The fourth-order valence-electron chi connectivity index (χ4n) is 4.69. The van der Waals surface area contributed by atoms with Crippen LogP contribution in [0.1, 0.15) is 102 Å². The minimum atomic E-state index is 0.691. The summed E-state index contributed by atoms with van der Waals surface area (Å²) in [5, 5.41) is 7.85. The first-order chi connectivity index (χ1) is 12.8. The summed E-state index contributed by atoms with van der Waals surface area (Å²) in [4.78, 5) is 0. The molecule has 2 heteroatoms. The van der Waals surface area contributed by atoms with Crippen LogP contribution in [0.4, 0.5) is 11.4 Å². The summed E-state index contributed by atoms with van der Waals surface area (Å²) < 4.78 is 0. The fourth-order valence-corrected chi connectivity index (χ4v) is 4.69. The predicted molar refractivity (Wildman–Crippen MR) is 115 cm³/mol. The van der Waals surface area contributed by atoms with Gasteiger partial charge in [-0.3, -0.25) is 0 Å². The van der Waals surface area contributed by atoms with Crippen molar-refractivity contribution in [2.24, 2.45) is 0 Å². The molecule has 0 amide bonds. The van der Waals surface area contributed by atoms with Gasteiger partial charge in [-0.15, -0.1) is 0 Å². The molecule has 0 heterocycles. The normalized spacial score (nSPS) is 18.5. The molecule has 0 aromatic heterocycles. The Bertz CT molecular complexity index is 494. The van der Waals surface area contributed by atoms with Gasteiger partial charge in [0, 0.05) is 23.5 Å². The molecule has 0 spiro atoms. The van der Waals surface area contributed by atoms with Crippen molar-refractivity contribution in [1.29, 1.82) is 0 Å². The second-order valence-electron chi connectivity index (χ2n) is 8.63. The van der Waals surface area contributed by atoms with E-state index in [2.05, 4.69) is 36.6 Å². The summed E-state index contributed by atoms with van der Waals surface area (Å²) in [6.07, 6.45) is 18.5. The quantitative estimate of drug-likeness (QED) is 0.468. The second-order valence-corrected chi connectivity index (χ2v) is 8.63. The molecule has 2 aliphatic rings. The zero-order valence-electron chi connectivity index (χ0n) is 17.2. The van der Waals surface area contributed by atoms with Crippen LogP contribution in [-0.2, 0) is 12.8 Å². The first-order valence-corrected chi connectivity index (χ1v) is 11.5. The number of unbranched alkanes of at least 4 members (excludes halogenated alkanes) is 2. The number of benzene rings is 1. The Balaban J connectivity index is 1.84. The molecule has 0 radical (unpaired) electrons. The summed E-state index contributed by atoms with van der Waals surface area (Å²) in [5.41, 5.74) is 5.96. The molecule has 1 aromatic rings. The van der Waals surface area contributed by atoms with Gasteiger partial charge in [0.25, 0.3) is 0 Å². The predicted octanol–water partition coefficient (Wildman–Crippen LogP) is 7.08. The molecule has 3 rings (SSSR count).